The summed E-state index contributed by atoms with van der Waals surface area (Å²) in [7, 11) is -4.33. The van der Waals surface area contributed by atoms with Crippen LogP contribution in [0, 0.1) is 0 Å². The van der Waals surface area contributed by atoms with Crippen molar-refractivity contribution in [3.63, 3.8) is 0 Å². The molecule has 1 N–H and O–H groups in total. The Balaban J connectivity index is 1.61. The van der Waals surface area contributed by atoms with Crippen molar-refractivity contribution in [2.45, 2.75) is 55.4 Å². The van der Waals surface area contributed by atoms with E-state index in [1.165, 1.54) is 31.2 Å². The van der Waals surface area contributed by atoms with Gasteiger partial charge in [0.2, 0.25) is 15.9 Å². The van der Waals surface area contributed by atoms with Gasteiger partial charge in [-0.3, -0.25) is 14.8 Å². The van der Waals surface area contributed by atoms with Crippen molar-refractivity contribution >= 4 is 15.9 Å². The molecule has 1 aliphatic heterocycles. The number of pyridine rings is 2. The highest BCUT2D eigenvalue weighted by Crippen LogP contribution is 2.35. The molecule has 0 saturated carbocycles. The predicted molar refractivity (Wildman–Crippen MR) is 128 cm³/mol. The Morgan fingerprint density at radius 2 is 1.68 bits per heavy atom. The second-order valence-electron chi connectivity index (χ2n) is 9.03. The number of carbonyl (C=O) groups is 1. The maximum atomic E-state index is 14.6. The van der Waals surface area contributed by atoms with Crippen molar-refractivity contribution in [1.82, 2.24) is 19.6 Å². The van der Waals surface area contributed by atoms with E-state index in [-0.39, 0.29) is 16.2 Å². The van der Waals surface area contributed by atoms with Gasteiger partial charge in [-0.1, -0.05) is 18.2 Å². The summed E-state index contributed by atoms with van der Waals surface area (Å²) in [5, 5.41) is 2.25. The van der Waals surface area contributed by atoms with Crippen LogP contribution in [0.4, 0.5) is 30.7 Å². The number of rotatable bonds is 6. The van der Waals surface area contributed by atoms with Crippen LogP contribution in [-0.4, -0.2) is 46.9 Å². The zero-order valence-electron chi connectivity index (χ0n) is 20.5. The lowest BCUT2D eigenvalue weighted by molar-refractivity contribution is -0.141. The van der Waals surface area contributed by atoms with Gasteiger partial charge < -0.3 is 5.32 Å². The van der Waals surface area contributed by atoms with Gasteiger partial charge in [-0.15, -0.1) is 0 Å². The van der Waals surface area contributed by atoms with E-state index in [4.69, 9.17) is 0 Å². The van der Waals surface area contributed by atoms with Crippen molar-refractivity contribution in [2.24, 2.45) is 0 Å². The number of halogens is 7. The van der Waals surface area contributed by atoms with E-state index >= 15 is 0 Å². The number of hydrogen-bond donors (Lipinski definition) is 1. The Kier molecular flexibility index (Phi) is 7.91. The molecule has 0 spiro atoms. The number of sulfonamides is 1. The van der Waals surface area contributed by atoms with Gasteiger partial charge in [-0.05, 0) is 42.8 Å². The van der Waals surface area contributed by atoms with Crippen LogP contribution in [0.15, 0.2) is 65.8 Å². The Morgan fingerprint density at radius 1 is 1.00 bits per heavy atom. The van der Waals surface area contributed by atoms with E-state index < -0.39 is 76.3 Å². The molecule has 0 aliphatic carbocycles. The molecule has 15 heteroatoms. The third kappa shape index (κ3) is 5.94. The molecule has 0 unspecified atom stereocenters. The lowest BCUT2D eigenvalue weighted by atomic mass is 10.1. The number of alkyl halides is 7. The minimum Gasteiger partial charge on any atom is -0.351 e. The fourth-order valence-electron chi connectivity index (χ4n) is 4.35. The van der Waals surface area contributed by atoms with Crippen molar-refractivity contribution in [3.05, 3.63) is 77.7 Å². The van der Waals surface area contributed by atoms with Crippen LogP contribution in [0.25, 0.3) is 11.3 Å². The second kappa shape index (κ2) is 10.8. The van der Waals surface area contributed by atoms with E-state index in [0.29, 0.717) is 16.6 Å². The van der Waals surface area contributed by atoms with Gasteiger partial charge in [0.05, 0.1) is 22.2 Å². The Morgan fingerprint density at radius 3 is 2.25 bits per heavy atom. The SMILES string of the molecule is C[C@H]1[C@H](F)C[C@@H](C(=O)NCc2cc(-c3ccc(C(F)(F)F)nc3)ncc2C(F)(F)F)N1S(=O)(=O)c1ccccc1. The average Bonchev–Trinajstić information content (AvgIpc) is 3.21. The third-order valence-corrected chi connectivity index (χ3v) is 8.41. The minimum atomic E-state index is -4.90. The largest absolute Gasteiger partial charge is 0.433 e. The summed E-state index contributed by atoms with van der Waals surface area (Å²) in [6, 6.07) is 6.81. The highest BCUT2D eigenvalue weighted by Gasteiger charge is 2.49. The Bertz CT molecular complexity index is 1480. The summed E-state index contributed by atoms with van der Waals surface area (Å²) in [5.41, 5.74) is -3.09. The van der Waals surface area contributed by atoms with Crippen LogP contribution in [0.1, 0.15) is 30.2 Å². The van der Waals surface area contributed by atoms with Gasteiger partial charge in [0.15, 0.2) is 0 Å². The van der Waals surface area contributed by atoms with Crippen molar-refractivity contribution in [2.75, 3.05) is 0 Å². The summed E-state index contributed by atoms with van der Waals surface area (Å²) in [6.45, 7) is 0.533. The van der Waals surface area contributed by atoms with Crippen molar-refractivity contribution < 1.29 is 43.9 Å². The highest BCUT2D eigenvalue weighted by atomic mass is 32.2. The van der Waals surface area contributed by atoms with Gasteiger partial charge in [0, 0.05) is 30.9 Å². The second-order valence-corrected chi connectivity index (χ2v) is 10.9. The quantitative estimate of drug-likeness (QED) is 0.409. The fraction of sp³-hybridized carbons (Fsp3) is 0.320. The maximum Gasteiger partial charge on any atom is 0.433 e. The first-order chi connectivity index (χ1) is 18.6. The van der Waals surface area contributed by atoms with Gasteiger partial charge in [0.25, 0.3) is 0 Å². The Hall–Kier alpha value is -3.59. The molecule has 4 rings (SSSR count). The van der Waals surface area contributed by atoms with E-state index in [0.717, 1.165) is 18.3 Å². The number of carbonyl (C=O) groups excluding carboxylic acids is 1. The summed E-state index contributed by atoms with van der Waals surface area (Å²) in [4.78, 5) is 19.8. The molecule has 7 nitrogen and oxygen atoms in total. The first-order valence-corrected chi connectivity index (χ1v) is 13.1. The minimum absolute atomic E-state index is 0.0145. The summed E-state index contributed by atoms with van der Waals surface area (Å²) < 4.78 is 121. The maximum absolute atomic E-state index is 14.6. The highest BCUT2D eigenvalue weighted by molar-refractivity contribution is 7.89. The Labute approximate surface area is 224 Å². The van der Waals surface area contributed by atoms with Gasteiger partial charge >= 0.3 is 12.4 Å². The normalized spacial score (nSPS) is 20.4. The number of amides is 1. The van der Waals surface area contributed by atoms with Crippen molar-refractivity contribution in [3.8, 4) is 11.3 Å². The molecule has 214 valence electrons. The zero-order valence-corrected chi connectivity index (χ0v) is 21.4. The van der Waals surface area contributed by atoms with Crippen LogP contribution in [-0.2, 0) is 33.7 Å². The molecule has 2 aromatic heterocycles. The van der Waals surface area contributed by atoms with E-state index in [1.54, 1.807) is 6.07 Å². The van der Waals surface area contributed by atoms with E-state index in [9.17, 15) is 43.9 Å². The lowest BCUT2D eigenvalue weighted by Gasteiger charge is -2.27. The molecule has 3 heterocycles. The number of hydrogen-bond acceptors (Lipinski definition) is 5. The average molecular weight is 591 g/mol. The van der Waals surface area contributed by atoms with Crippen molar-refractivity contribution in [1.29, 1.82) is 0 Å². The van der Waals surface area contributed by atoms with Gasteiger partial charge in [-0.2, -0.15) is 30.6 Å². The van der Waals surface area contributed by atoms with Crippen LogP contribution >= 0.6 is 0 Å². The molecule has 1 aromatic carbocycles. The molecule has 3 atom stereocenters. The molecular formula is C25H21F7N4O3S. The van der Waals surface area contributed by atoms with Crippen LogP contribution in [0.3, 0.4) is 0 Å². The number of nitrogens with zero attached hydrogens (tertiary/aromatic N) is 3. The standard InChI is InChI=1S/C25H21F7N4O3S/c1-14-19(26)10-21(36(14)40(38,39)17-5-3-2-4-6-17)23(37)35-12-16-9-20(33-13-18(16)24(27,28)29)15-7-8-22(34-11-15)25(30,31)32/h2-9,11,13-14,19,21H,10,12H2,1H3,(H,35,37)/t14-,19+,21-/m0/s1. The molecule has 3 aromatic rings. The van der Waals surface area contributed by atoms with E-state index in [1.807, 2.05) is 0 Å². The molecule has 0 radical (unpaired) electrons. The van der Waals surface area contributed by atoms with Gasteiger partial charge in [-0.25, -0.2) is 12.8 Å². The molecule has 40 heavy (non-hydrogen) atoms. The molecule has 1 aliphatic rings. The lowest BCUT2D eigenvalue weighted by Crippen LogP contribution is -2.48. The van der Waals surface area contributed by atoms with E-state index in [2.05, 4.69) is 15.3 Å². The summed E-state index contributed by atoms with van der Waals surface area (Å²) in [5.74, 6) is -1.02. The van der Waals surface area contributed by atoms with Gasteiger partial charge in [0.1, 0.15) is 17.9 Å². The number of nitrogens with one attached hydrogen (secondary N) is 1. The summed E-state index contributed by atoms with van der Waals surface area (Å²) in [6.07, 6.45) is -10.6. The van der Waals surface area contributed by atoms with Crippen LogP contribution in [0.5, 0.6) is 0 Å². The predicted octanol–water partition coefficient (Wildman–Crippen LogP) is 4.99. The van der Waals surface area contributed by atoms with Crippen LogP contribution < -0.4 is 5.32 Å². The smallest absolute Gasteiger partial charge is 0.351 e. The molecule has 1 amide bonds. The monoisotopic (exact) mass is 590 g/mol. The number of benzene rings is 1. The first kappa shape index (κ1) is 29.4. The number of aromatic nitrogens is 2. The third-order valence-electron chi connectivity index (χ3n) is 6.40. The fourth-order valence-corrected chi connectivity index (χ4v) is 6.18. The molecular weight excluding hydrogens is 569 g/mol. The molecule has 1 fully saturated rings. The molecule has 1 saturated heterocycles. The topological polar surface area (TPSA) is 92.3 Å². The zero-order chi connectivity index (χ0) is 29.5. The first-order valence-electron chi connectivity index (χ1n) is 11.7. The van der Waals surface area contributed by atoms with Crippen LogP contribution in [0.2, 0.25) is 0 Å². The summed E-state index contributed by atoms with van der Waals surface area (Å²) >= 11 is 0. The molecule has 0 bridgehead atoms.